The molecule has 0 spiro atoms. The van der Waals surface area contributed by atoms with Crippen LogP contribution in [0.25, 0.3) is 0 Å². The first-order chi connectivity index (χ1) is 9.93. The van der Waals surface area contributed by atoms with Crippen LogP contribution >= 0.6 is 0 Å². The Morgan fingerprint density at radius 2 is 2.00 bits per heavy atom. The van der Waals surface area contributed by atoms with Crippen molar-refractivity contribution in [1.29, 1.82) is 5.26 Å². The Morgan fingerprint density at radius 1 is 1.38 bits per heavy atom. The van der Waals surface area contributed by atoms with Gasteiger partial charge in [0.1, 0.15) is 0 Å². The van der Waals surface area contributed by atoms with Crippen molar-refractivity contribution < 1.29 is 14.7 Å². The number of nitriles is 1. The number of benzene rings is 1. The van der Waals surface area contributed by atoms with Crippen molar-refractivity contribution in [2.24, 2.45) is 0 Å². The molecule has 0 aromatic heterocycles. The molecular weight excluding hydrogens is 270 g/mol. The van der Waals surface area contributed by atoms with Gasteiger partial charge >= 0.3 is 12.0 Å². The number of carbonyl (C=O) groups is 2. The van der Waals surface area contributed by atoms with E-state index in [2.05, 4.69) is 5.32 Å². The molecule has 2 amide bonds. The Kier molecular flexibility index (Phi) is 6.21. The second kappa shape index (κ2) is 7.90. The van der Waals surface area contributed by atoms with Gasteiger partial charge < -0.3 is 10.4 Å². The number of hydrogen-bond acceptors (Lipinski definition) is 3. The lowest BCUT2D eigenvalue weighted by Gasteiger charge is -2.21. The van der Waals surface area contributed by atoms with E-state index in [1.54, 1.807) is 31.3 Å². The van der Waals surface area contributed by atoms with E-state index in [-0.39, 0.29) is 18.5 Å². The summed E-state index contributed by atoms with van der Waals surface area (Å²) in [6.07, 6.45) is 1.24. The van der Waals surface area contributed by atoms with E-state index in [4.69, 9.17) is 10.4 Å². The van der Waals surface area contributed by atoms with Crippen molar-refractivity contribution in [1.82, 2.24) is 5.32 Å². The Bertz CT molecular complexity index is 534. The average molecular weight is 289 g/mol. The summed E-state index contributed by atoms with van der Waals surface area (Å²) in [4.78, 5) is 23.9. The third-order valence-corrected chi connectivity index (χ3v) is 3.09. The predicted molar refractivity (Wildman–Crippen MR) is 79.0 cm³/mol. The minimum Gasteiger partial charge on any atom is -0.481 e. The molecule has 112 valence electrons. The number of amides is 2. The molecule has 1 atom stereocenters. The van der Waals surface area contributed by atoms with Crippen LogP contribution in [0.4, 0.5) is 10.5 Å². The fourth-order valence-corrected chi connectivity index (χ4v) is 1.82. The normalized spacial score (nSPS) is 11.3. The van der Waals surface area contributed by atoms with Crippen molar-refractivity contribution in [2.75, 3.05) is 11.9 Å². The number of rotatable bonds is 6. The summed E-state index contributed by atoms with van der Waals surface area (Å²) in [7, 11) is 1.64. The van der Waals surface area contributed by atoms with Crippen molar-refractivity contribution >= 4 is 17.7 Å². The fraction of sp³-hybridized carbons (Fsp3) is 0.400. The second-order valence-corrected chi connectivity index (χ2v) is 4.85. The van der Waals surface area contributed by atoms with Gasteiger partial charge in [0.2, 0.25) is 0 Å². The smallest absolute Gasteiger partial charge is 0.321 e. The number of urea groups is 1. The number of aliphatic carboxylic acids is 1. The van der Waals surface area contributed by atoms with Gasteiger partial charge in [-0.3, -0.25) is 9.69 Å². The zero-order chi connectivity index (χ0) is 15.8. The largest absolute Gasteiger partial charge is 0.481 e. The lowest BCUT2D eigenvalue weighted by molar-refractivity contribution is -0.137. The van der Waals surface area contributed by atoms with Gasteiger partial charge in [0.05, 0.1) is 11.6 Å². The second-order valence-electron chi connectivity index (χ2n) is 4.85. The van der Waals surface area contributed by atoms with Gasteiger partial charge in [0.25, 0.3) is 0 Å². The van der Waals surface area contributed by atoms with E-state index in [1.165, 1.54) is 4.90 Å². The summed E-state index contributed by atoms with van der Waals surface area (Å²) >= 11 is 0. The Labute approximate surface area is 124 Å². The number of hydrogen-bond donors (Lipinski definition) is 2. The maximum absolute atomic E-state index is 12.0. The van der Waals surface area contributed by atoms with Crippen LogP contribution in [0.1, 0.15) is 31.7 Å². The number of carboxylic acid groups (broad SMARTS) is 1. The zero-order valence-corrected chi connectivity index (χ0v) is 12.2. The van der Waals surface area contributed by atoms with E-state index >= 15 is 0 Å². The van der Waals surface area contributed by atoms with Crippen molar-refractivity contribution in [3.05, 3.63) is 29.8 Å². The molecule has 0 fully saturated rings. The third-order valence-electron chi connectivity index (χ3n) is 3.09. The first-order valence-corrected chi connectivity index (χ1v) is 6.70. The minimum atomic E-state index is -0.830. The van der Waals surface area contributed by atoms with Crippen LogP contribution in [0.5, 0.6) is 0 Å². The summed E-state index contributed by atoms with van der Waals surface area (Å²) in [6, 6.07) is 8.36. The summed E-state index contributed by atoms with van der Waals surface area (Å²) in [6.45, 7) is 1.84. The van der Waals surface area contributed by atoms with Crippen LogP contribution in [0.2, 0.25) is 0 Å². The first-order valence-electron chi connectivity index (χ1n) is 6.70. The number of carboxylic acids is 1. The highest BCUT2D eigenvalue weighted by molar-refractivity contribution is 5.91. The molecule has 0 aliphatic carbocycles. The van der Waals surface area contributed by atoms with Crippen molar-refractivity contribution in [2.45, 2.75) is 32.2 Å². The predicted octanol–water partition coefficient (Wildman–Crippen LogP) is 2.35. The quantitative estimate of drug-likeness (QED) is 0.840. The minimum absolute atomic E-state index is 0.0994. The molecule has 0 heterocycles. The molecule has 1 unspecified atom stereocenters. The van der Waals surface area contributed by atoms with Crippen molar-refractivity contribution in [3.8, 4) is 6.07 Å². The summed E-state index contributed by atoms with van der Waals surface area (Å²) in [5.74, 6) is -0.830. The molecule has 1 rings (SSSR count). The van der Waals surface area contributed by atoms with Gasteiger partial charge in [0, 0.05) is 25.2 Å². The topological polar surface area (TPSA) is 93.4 Å². The standard InChI is InChI=1S/C15H19N3O3/c1-11(4-3-5-14(19)20)17-15(21)18(2)13-8-6-12(10-16)7-9-13/h6-9,11H,3-5H2,1-2H3,(H,17,21)(H,19,20). The Morgan fingerprint density at radius 3 is 2.52 bits per heavy atom. The van der Waals surface area contributed by atoms with E-state index < -0.39 is 5.97 Å². The van der Waals surface area contributed by atoms with Crippen LogP contribution in [-0.4, -0.2) is 30.2 Å². The highest BCUT2D eigenvalue weighted by atomic mass is 16.4. The molecule has 0 aliphatic rings. The lowest BCUT2D eigenvalue weighted by Crippen LogP contribution is -2.42. The fourth-order valence-electron chi connectivity index (χ4n) is 1.82. The number of carbonyl (C=O) groups excluding carboxylic acids is 1. The van der Waals surface area contributed by atoms with Crippen LogP contribution in [0.15, 0.2) is 24.3 Å². The molecule has 6 nitrogen and oxygen atoms in total. The summed E-state index contributed by atoms with van der Waals surface area (Å²) in [5.41, 5.74) is 1.22. The third kappa shape index (κ3) is 5.53. The molecular formula is C15H19N3O3. The first kappa shape index (κ1) is 16.5. The van der Waals surface area contributed by atoms with Crippen LogP contribution in [0, 0.1) is 11.3 Å². The summed E-state index contributed by atoms with van der Waals surface area (Å²) in [5, 5.41) is 20.1. The monoisotopic (exact) mass is 289 g/mol. The van der Waals surface area contributed by atoms with Gasteiger partial charge in [-0.25, -0.2) is 4.79 Å². The number of anilines is 1. The van der Waals surface area contributed by atoms with Gasteiger partial charge in [-0.05, 0) is 44.0 Å². The molecule has 2 N–H and O–H groups in total. The highest BCUT2D eigenvalue weighted by Crippen LogP contribution is 2.13. The Balaban J connectivity index is 2.49. The van der Waals surface area contributed by atoms with Gasteiger partial charge in [0.15, 0.2) is 0 Å². The molecule has 1 aromatic rings. The lowest BCUT2D eigenvalue weighted by atomic mass is 10.1. The van der Waals surface area contributed by atoms with Crippen LogP contribution < -0.4 is 10.2 Å². The summed E-state index contributed by atoms with van der Waals surface area (Å²) < 4.78 is 0. The van der Waals surface area contributed by atoms with Gasteiger partial charge in [-0.15, -0.1) is 0 Å². The molecule has 0 saturated carbocycles. The Hall–Kier alpha value is -2.55. The van der Waals surface area contributed by atoms with E-state index in [1.807, 2.05) is 13.0 Å². The van der Waals surface area contributed by atoms with Gasteiger partial charge in [-0.2, -0.15) is 5.26 Å². The molecule has 0 radical (unpaired) electrons. The molecule has 21 heavy (non-hydrogen) atoms. The molecule has 0 saturated heterocycles. The van der Waals surface area contributed by atoms with E-state index in [9.17, 15) is 9.59 Å². The molecule has 0 bridgehead atoms. The highest BCUT2D eigenvalue weighted by Gasteiger charge is 2.13. The van der Waals surface area contributed by atoms with Crippen molar-refractivity contribution in [3.63, 3.8) is 0 Å². The molecule has 6 heteroatoms. The molecule has 0 aliphatic heterocycles. The van der Waals surface area contributed by atoms with E-state index in [0.29, 0.717) is 24.1 Å². The number of nitrogens with zero attached hydrogens (tertiary/aromatic N) is 2. The van der Waals surface area contributed by atoms with Crippen LogP contribution in [-0.2, 0) is 4.79 Å². The average Bonchev–Trinajstić information content (AvgIpc) is 2.46. The maximum Gasteiger partial charge on any atom is 0.321 e. The number of nitrogens with one attached hydrogen (secondary N) is 1. The zero-order valence-electron chi connectivity index (χ0n) is 12.2. The van der Waals surface area contributed by atoms with Gasteiger partial charge in [-0.1, -0.05) is 0 Å². The maximum atomic E-state index is 12.0. The SMILES string of the molecule is CC(CCCC(=O)O)NC(=O)N(C)c1ccc(C#N)cc1. The van der Waals surface area contributed by atoms with Crippen LogP contribution in [0.3, 0.4) is 0 Å². The van der Waals surface area contributed by atoms with E-state index in [0.717, 1.165) is 0 Å². The molecule has 1 aromatic carbocycles.